The highest BCUT2D eigenvalue weighted by molar-refractivity contribution is 5.72. The van der Waals surface area contributed by atoms with E-state index in [1.54, 1.807) is 20.8 Å². The monoisotopic (exact) mass is 146 g/mol. The highest BCUT2D eigenvalue weighted by Gasteiger charge is 2.22. The van der Waals surface area contributed by atoms with E-state index in [0.717, 1.165) is 0 Å². The quantitative estimate of drug-likeness (QED) is 0.505. The second kappa shape index (κ2) is 2.88. The van der Waals surface area contributed by atoms with E-state index in [2.05, 4.69) is 5.32 Å². The summed E-state index contributed by atoms with van der Waals surface area (Å²) in [6, 6.07) is -0.945. The summed E-state index contributed by atoms with van der Waals surface area (Å²) in [5, 5.41) is 11.6. The van der Waals surface area contributed by atoms with Crippen molar-refractivity contribution in [2.75, 3.05) is 0 Å². The van der Waals surface area contributed by atoms with Crippen LogP contribution < -0.4 is 11.1 Å². The molecule has 0 radical (unpaired) electrons. The minimum absolute atomic E-state index is 0.329. The number of carbonyl (C=O) groups excluding carboxylic acids is 1. The summed E-state index contributed by atoms with van der Waals surface area (Å²) in [5.41, 5.74) is 3.91. The van der Waals surface area contributed by atoms with Crippen LogP contribution in [0.1, 0.15) is 20.8 Å². The first-order valence-electron chi connectivity index (χ1n) is 3.12. The molecule has 0 spiro atoms. The third-order valence-electron chi connectivity index (χ3n) is 1.42. The molecule has 0 rings (SSSR count). The lowest BCUT2D eigenvalue weighted by atomic mass is 10.0. The molecule has 4 N–H and O–H groups in total. The van der Waals surface area contributed by atoms with Gasteiger partial charge in [0.1, 0.15) is 0 Å². The fourth-order valence-corrected chi connectivity index (χ4v) is 0.390. The van der Waals surface area contributed by atoms with Gasteiger partial charge in [0.15, 0.2) is 0 Å². The number of nitrogens with two attached hydrogens (primary N) is 1. The Bertz CT molecular complexity index is 128. The summed E-state index contributed by atoms with van der Waals surface area (Å²) in [5.74, 6) is 0. The first kappa shape index (κ1) is 9.23. The van der Waals surface area contributed by atoms with Gasteiger partial charge in [-0.25, -0.2) is 4.79 Å². The molecule has 0 aliphatic heterocycles. The molecule has 0 aliphatic rings. The molecular weight excluding hydrogens is 132 g/mol. The van der Waals surface area contributed by atoms with Gasteiger partial charge >= 0.3 is 6.03 Å². The van der Waals surface area contributed by atoms with E-state index in [0.29, 0.717) is 0 Å². The van der Waals surface area contributed by atoms with Crippen LogP contribution in [-0.4, -0.2) is 22.8 Å². The topological polar surface area (TPSA) is 75.3 Å². The molecule has 2 amide bonds. The smallest absolute Gasteiger partial charge is 0.312 e. The van der Waals surface area contributed by atoms with Crippen molar-refractivity contribution in [1.29, 1.82) is 0 Å². The Morgan fingerprint density at radius 3 is 2.20 bits per heavy atom. The van der Waals surface area contributed by atoms with Crippen LogP contribution in [0, 0.1) is 0 Å². The predicted octanol–water partition coefficient (Wildman–Crippen LogP) is -0.186. The molecule has 0 bridgehead atoms. The maximum Gasteiger partial charge on any atom is 0.312 e. The fraction of sp³-hybridized carbons (Fsp3) is 0.833. The third-order valence-corrected chi connectivity index (χ3v) is 1.42. The Kier molecular flexibility index (Phi) is 2.65. The van der Waals surface area contributed by atoms with Gasteiger partial charge < -0.3 is 16.2 Å². The summed E-state index contributed by atoms with van der Waals surface area (Å²) in [6.07, 6.45) is 0. The number of hydrogen-bond donors (Lipinski definition) is 3. The fourth-order valence-electron chi connectivity index (χ4n) is 0.390. The Morgan fingerprint density at radius 2 is 2.10 bits per heavy atom. The molecule has 4 heteroatoms. The largest absolute Gasteiger partial charge is 0.388 e. The van der Waals surface area contributed by atoms with Crippen molar-refractivity contribution in [1.82, 2.24) is 5.32 Å². The lowest BCUT2D eigenvalue weighted by molar-refractivity contribution is 0.0483. The van der Waals surface area contributed by atoms with Crippen LogP contribution in [-0.2, 0) is 0 Å². The number of urea groups is 1. The van der Waals surface area contributed by atoms with Crippen molar-refractivity contribution in [2.45, 2.75) is 32.4 Å². The van der Waals surface area contributed by atoms with E-state index in [4.69, 9.17) is 5.73 Å². The maximum absolute atomic E-state index is 10.3. The van der Waals surface area contributed by atoms with Gasteiger partial charge in [-0.2, -0.15) is 0 Å². The second-order valence-corrected chi connectivity index (χ2v) is 2.88. The number of rotatable bonds is 2. The minimum Gasteiger partial charge on any atom is -0.388 e. The Labute approximate surface area is 60.4 Å². The minimum atomic E-state index is -0.922. The van der Waals surface area contributed by atoms with Gasteiger partial charge in [-0.1, -0.05) is 0 Å². The Balaban J connectivity index is 3.85. The number of carbonyl (C=O) groups is 1. The van der Waals surface area contributed by atoms with Gasteiger partial charge in [-0.3, -0.25) is 0 Å². The molecule has 0 aromatic heterocycles. The van der Waals surface area contributed by atoms with Gasteiger partial charge in [0.2, 0.25) is 0 Å². The van der Waals surface area contributed by atoms with Gasteiger partial charge in [0.25, 0.3) is 0 Å². The zero-order valence-electron chi connectivity index (χ0n) is 6.51. The first-order valence-corrected chi connectivity index (χ1v) is 3.12. The summed E-state index contributed by atoms with van der Waals surface area (Å²) in [4.78, 5) is 10.3. The molecule has 60 valence electrons. The van der Waals surface area contributed by atoms with Gasteiger partial charge in [-0.05, 0) is 20.8 Å². The molecule has 0 saturated heterocycles. The van der Waals surface area contributed by atoms with Crippen molar-refractivity contribution in [2.24, 2.45) is 5.73 Å². The number of aliphatic hydroxyl groups is 1. The number of nitrogens with one attached hydrogen (secondary N) is 1. The van der Waals surface area contributed by atoms with E-state index in [1.165, 1.54) is 0 Å². The molecule has 10 heavy (non-hydrogen) atoms. The molecule has 0 aromatic carbocycles. The highest BCUT2D eigenvalue weighted by atomic mass is 16.3. The molecule has 0 aromatic rings. The molecular formula is C6H14N2O2. The molecule has 1 atom stereocenters. The molecule has 0 heterocycles. The van der Waals surface area contributed by atoms with Crippen LogP contribution in [0.4, 0.5) is 4.79 Å². The first-order chi connectivity index (χ1) is 4.34. The lowest BCUT2D eigenvalue weighted by Gasteiger charge is -2.25. The van der Waals surface area contributed by atoms with Crippen molar-refractivity contribution in [3.8, 4) is 0 Å². The number of amides is 2. The predicted molar refractivity (Wildman–Crippen MR) is 38.5 cm³/mol. The molecule has 0 saturated carbocycles. The standard InChI is InChI=1S/C6H14N2O2/c1-4(6(2,3)10)8-5(7)9/h4,10H,1-3H3,(H3,7,8,9). The maximum atomic E-state index is 10.3. The number of primary amides is 1. The van der Waals surface area contributed by atoms with Gasteiger partial charge in [-0.15, -0.1) is 0 Å². The van der Waals surface area contributed by atoms with Crippen molar-refractivity contribution >= 4 is 6.03 Å². The third kappa shape index (κ3) is 3.29. The van der Waals surface area contributed by atoms with E-state index in [1.807, 2.05) is 0 Å². The van der Waals surface area contributed by atoms with Crippen molar-refractivity contribution in [3.63, 3.8) is 0 Å². The average Bonchev–Trinajstić information content (AvgIpc) is 1.60. The van der Waals surface area contributed by atoms with Crippen LogP contribution in [0.2, 0.25) is 0 Å². The van der Waals surface area contributed by atoms with Crippen LogP contribution in [0.3, 0.4) is 0 Å². The van der Waals surface area contributed by atoms with Crippen molar-refractivity contribution < 1.29 is 9.90 Å². The van der Waals surface area contributed by atoms with Crippen molar-refractivity contribution in [3.05, 3.63) is 0 Å². The summed E-state index contributed by atoms with van der Waals surface area (Å²) in [6.45, 7) is 4.89. The van der Waals surface area contributed by atoms with Gasteiger partial charge in [0, 0.05) is 0 Å². The average molecular weight is 146 g/mol. The lowest BCUT2D eigenvalue weighted by Crippen LogP contribution is -2.48. The summed E-state index contributed by atoms with van der Waals surface area (Å²) in [7, 11) is 0. The number of hydrogen-bond acceptors (Lipinski definition) is 2. The van der Waals surface area contributed by atoms with E-state index in [-0.39, 0.29) is 6.04 Å². The summed E-state index contributed by atoms with van der Waals surface area (Å²) >= 11 is 0. The highest BCUT2D eigenvalue weighted by Crippen LogP contribution is 2.06. The Morgan fingerprint density at radius 1 is 1.70 bits per heavy atom. The van der Waals surface area contributed by atoms with Gasteiger partial charge in [0.05, 0.1) is 11.6 Å². The molecule has 0 fully saturated rings. The molecule has 4 nitrogen and oxygen atoms in total. The van der Waals surface area contributed by atoms with Crippen LogP contribution in [0.15, 0.2) is 0 Å². The van der Waals surface area contributed by atoms with Crippen LogP contribution >= 0.6 is 0 Å². The zero-order chi connectivity index (χ0) is 8.36. The SMILES string of the molecule is CC(NC(N)=O)C(C)(C)O. The zero-order valence-corrected chi connectivity index (χ0v) is 6.51. The van der Waals surface area contributed by atoms with Crippen LogP contribution in [0.25, 0.3) is 0 Å². The normalized spacial score (nSPS) is 14.4. The van der Waals surface area contributed by atoms with E-state index < -0.39 is 11.6 Å². The molecule has 1 unspecified atom stereocenters. The molecule has 0 aliphatic carbocycles. The summed E-state index contributed by atoms with van der Waals surface area (Å²) < 4.78 is 0. The van der Waals surface area contributed by atoms with Crippen LogP contribution in [0.5, 0.6) is 0 Å². The second-order valence-electron chi connectivity index (χ2n) is 2.88. The van der Waals surface area contributed by atoms with E-state index in [9.17, 15) is 9.90 Å². The Hall–Kier alpha value is -0.770. The van der Waals surface area contributed by atoms with E-state index >= 15 is 0 Å².